The molecule has 4 aliphatic heterocycles. The monoisotopic (exact) mass is 1620 g/mol. The highest BCUT2D eigenvalue weighted by Gasteiger charge is 2.56. The first-order valence-electron chi connectivity index (χ1n) is 41.1. The highest BCUT2D eigenvalue weighted by atomic mass is 19.4. The molecule has 3 N–H and O–H groups in total. The minimum Gasteiger partial charge on any atom is -0.378 e. The molecule has 4 saturated carbocycles. The normalized spacial score (nSPS) is 31.9. The zero-order chi connectivity index (χ0) is 83.5. The zero-order valence-electron chi connectivity index (χ0n) is 68.1. The number of carbonyl (C=O) groups excluding carboxylic acids is 12. The van der Waals surface area contributed by atoms with E-state index >= 15 is 51.9 Å². The fourth-order valence-electron chi connectivity index (χ4n) is 18.1. The molecule has 4 saturated heterocycles. The summed E-state index contributed by atoms with van der Waals surface area (Å²) < 4.78 is 128. The maximum atomic E-state index is 15.8. The molecule has 8 fully saturated rings. The van der Waals surface area contributed by atoms with Crippen molar-refractivity contribution in [3.8, 4) is 0 Å². The van der Waals surface area contributed by atoms with E-state index in [9.17, 15) is 40.7 Å². The largest absolute Gasteiger partial charge is 0.397 e. The lowest BCUT2D eigenvalue weighted by Gasteiger charge is -2.47. The number of halogens is 8. The Morgan fingerprint density at radius 2 is 1.20 bits per heavy atom. The number of morpholine rings is 1. The molecule has 34 heteroatoms. The number of carbonyl (C=O) groups is 12. The van der Waals surface area contributed by atoms with E-state index in [1.807, 2.05) is 27.7 Å². The predicted octanol–water partition coefficient (Wildman–Crippen LogP) is 6.98. The number of alkyl halides is 8. The van der Waals surface area contributed by atoms with Gasteiger partial charge in [0.25, 0.3) is 0 Å². The fraction of sp³-hybridized carbons (Fsp3) is 0.848. The number of ether oxygens (including phenoxy) is 2. The van der Waals surface area contributed by atoms with Crippen molar-refractivity contribution in [2.24, 2.45) is 47.3 Å². The molecule has 0 radical (unpaired) electrons. The summed E-state index contributed by atoms with van der Waals surface area (Å²) in [6.07, 6.45) is -15.3. The number of rotatable bonds is 14. The lowest BCUT2D eigenvalue weighted by atomic mass is 9.74. The van der Waals surface area contributed by atoms with Crippen LogP contribution in [0.5, 0.6) is 0 Å². The Balaban J connectivity index is 1.22. The van der Waals surface area contributed by atoms with Crippen LogP contribution in [0.4, 0.5) is 35.1 Å². The van der Waals surface area contributed by atoms with Crippen LogP contribution >= 0.6 is 0 Å². The smallest absolute Gasteiger partial charge is 0.378 e. The molecule has 640 valence electrons. The van der Waals surface area contributed by atoms with Gasteiger partial charge in [-0.15, -0.1) is 0 Å². The van der Waals surface area contributed by atoms with E-state index in [1.165, 1.54) is 66.8 Å². The van der Waals surface area contributed by atoms with Gasteiger partial charge >= 0.3 is 12.4 Å². The summed E-state index contributed by atoms with van der Waals surface area (Å²) in [7, 11) is 8.13. The number of likely N-dealkylation sites (N-methyl/N-ethyl adjacent to an activating group) is 6. The average Bonchev–Trinajstić information content (AvgIpc) is 1.74. The third-order valence-electron chi connectivity index (χ3n) is 25.4. The Bertz CT molecular complexity index is 3320. The van der Waals surface area contributed by atoms with Gasteiger partial charge in [0.1, 0.15) is 72.1 Å². The Labute approximate surface area is 659 Å². The van der Waals surface area contributed by atoms with Crippen LogP contribution in [0, 0.1) is 47.3 Å². The molecule has 0 aromatic carbocycles. The number of hydrogen-bond donors (Lipinski definition) is 3. The summed E-state index contributed by atoms with van der Waals surface area (Å²) in [5.41, 5.74) is -1.71. The van der Waals surface area contributed by atoms with Gasteiger partial charge in [0.15, 0.2) is 0 Å². The van der Waals surface area contributed by atoms with Crippen molar-refractivity contribution in [1.82, 2.24) is 60.0 Å². The number of hydrogen-bond acceptors (Lipinski definition) is 14. The highest BCUT2D eigenvalue weighted by molar-refractivity contribution is 6.01. The van der Waals surface area contributed by atoms with Gasteiger partial charge in [-0.25, -0.2) is 8.78 Å². The summed E-state index contributed by atoms with van der Waals surface area (Å²) in [4.78, 5) is 194. The SMILES string of the molecule is CC[C@H](C)[C@@H]1NC(=O)[C@H](CC(C)C)N(C)C(=O)C[C@@H](C(=O)N2CCOCC2)N(C)C(=O)[C@H](C2CCCC2)N(C)C(=O)C2(CCC2)NC(=O)[C@@H]2C[C@@H](OCC(C)C)CN2C(=O)[C@H](CCC2CC(F)C(C(F)(F)F)C(F)C2)NC(=O)CN(C)C(=O)[C@H](CC2CCC(C(F)(F)F)CC2)N2CCCCC[C@@H](C2=O)N(C)C(=O)CN(C)C1=O. The molecule has 1 spiro atoms. The van der Waals surface area contributed by atoms with Crippen LogP contribution in [0.25, 0.3) is 0 Å². The molecular formula is C79H124F8N12O14. The predicted molar refractivity (Wildman–Crippen MR) is 399 cm³/mol. The number of fused-ring (bicyclic) bond motifs is 3. The van der Waals surface area contributed by atoms with Gasteiger partial charge in [0.2, 0.25) is 70.9 Å². The second-order valence-corrected chi connectivity index (χ2v) is 34.5. The third kappa shape index (κ3) is 22.8. The van der Waals surface area contributed by atoms with E-state index in [4.69, 9.17) is 9.47 Å². The van der Waals surface area contributed by atoms with Crippen molar-refractivity contribution < 1.29 is 102 Å². The number of nitrogens with one attached hydrogen (secondary N) is 3. The minimum absolute atomic E-state index is 0.00682. The molecule has 26 nitrogen and oxygen atoms in total. The van der Waals surface area contributed by atoms with Crippen molar-refractivity contribution in [3.63, 3.8) is 0 Å². The van der Waals surface area contributed by atoms with Crippen LogP contribution in [0.3, 0.4) is 0 Å². The highest BCUT2D eigenvalue weighted by Crippen LogP contribution is 2.46. The Hall–Kier alpha value is -7.00. The zero-order valence-corrected chi connectivity index (χ0v) is 68.1. The van der Waals surface area contributed by atoms with E-state index in [0.717, 1.165) is 19.6 Å². The Morgan fingerprint density at radius 1 is 0.584 bits per heavy atom. The molecule has 2 unspecified atom stereocenters. The topological polar surface area (TPSA) is 289 Å². The van der Waals surface area contributed by atoms with Gasteiger partial charge < -0.3 is 69.5 Å². The summed E-state index contributed by atoms with van der Waals surface area (Å²) in [6.45, 7) is 9.65. The molecule has 4 aliphatic carbocycles. The van der Waals surface area contributed by atoms with Crippen LogP contribution in [-0.2, 0) is 67.0 Å². The van der Waals surface area contributed by atoms with E-state index in [1.54, 1.807) is 13.8 Å². The van der Waals surface area contributed by atoms with Crippen LogP contribution in [0.2, 0.25) is 0 Å². The van der Waals surface area contributed by atoms with Gasteiger partial charge in [-0.05, 0) is 145 Å². The van der Waals surface area contributed by atoms with Crippen molar-refractivity contribution in [2.45, 2.75) is 280 Å². The van der Waals surface area contributed by atoms with E-state index < -0.39 is 230 Å². The molecular weight excluding hydrogens is 1490 g/mol. The molecule has 113 heavy (non-hydrogen) atoms. The van der Waals surface area contributed by atoms with E-state index in [2.05, 4.69) is 16.0 Å². The second-order valence-electron chi connectivity index (χ2n) is 34.5. The van der Waals surface area contributed by atoms with Crippen molar-refractivity contribution in [1.29, 1.82) is 0 Å². The van der Waals surface area contributed by atoms with Crippen molar-refractivity contribution in [2.75, 3.05) is 101 Å². The van der Waals surface area contributed by atoms with Gasteiger partial charge in [0, 0.05) is 81.5 Å². The van der Waals surface area contributed by atoms with E-state index in [0.29, 0.717) is 57.8 Å². The molecule has 12 amide bonds. The lowest BCUT2D eigenvalue weighted by molar-refractivity contribution is -0.219. The van der Waals surface area contributed by atoms with Gasteiger partial charge in [-0.1, -0.05) is 73.6 Å². The maximum Gasteiger partial charge on any atom is 0.397 e. The van der Waals surface area contributed by atoms with Gasteiger partial charge in [0.05, 0.1) is 44.7 Å². The molecule has 0 aromatic heterocycles. The van der Waals surface area contributed by atoms with E-state index in [-0.39, 0.29) is 128 Å². The standard InChI is InChI=1S/C79H124F8N12O14/c1-13-48(6)66-74(109)92(8)44-64(102)93(9)57-22-15-14-18-31-98(73(57)108)61(39-49-23-26-52(27-24-49)78(82,83)84)71(106)91(7)43-62(100)88-56(28-25-50-37-54(80)65(55(81)38-50)79(85,86)87)70(105)99-42-53(113-45-47(4)5)40-59(99)69(104)90-77(29-19-30-77)76(111)96(12)67(51-20-16-17-21-51)75(110)95(11)60(72(107)97-32-34-112-35-33-97)41-63(101)94(10)58(36-46(2)3)68(103)89-66/h46-61,65-67H,13-45H2,1-12H3,(H,88,100)(H,89,103)(H,90,104)/t48-,49?,50?,52?,53+,54?,55?,56-,57-,58-,59-,60-,61-,65?,66-,67-/m0/s1. The van der Waals surface area contributed by atoms with Crippen LogP contribution in [0.1, 0.15) is 196 Å². The van der Waals surface area contributed by atoms with Gasteiger partial charge in [-0.2, -0.15) is 26.3 Å². The fourth-order valence-corrected chi connectivity index (χ4v) is 18.1. The first kappa shape index (κ1) is 91.5. The maximum absolute atomic E-state index is 15.8. The molecule has 4 heterocycles. The Morgan fingerprint density at radius 3 is 1.78 bits per heavy atom. The van der Waals surface area contributed by atoms with Crippen LogP contribution in [-0.4, -0.2) is 301 Å². The summed E-state index contributed by atoms with van der Waals surface area (Å²) in [5, 5.41) is 8.51. The number of amides is 12. The quantitative estimate of drug-likeness (QED) is 0.148. The molecule has 12 atom stereocenters. The van der Waals surface area contributed by atoms with Gasteiger partial charge in [-0.3, -0.25) is 57.5 Å². The summed E-state index contributed by atoms with van der Waals surface area (Å²) in [6, 6.07) is -11.3. The second kappa shape index (κ2) is 39.8. The van der Waals surface area contributed by atoms with Crippen LogP contribution in [0.15, 0.2) is 0 Å². The van der Waals surface area contributed by atoms with Crippen LogP contribution < -0.4 is 16.0 Å². The summed E-state index contributed by atoms with van der Waals surface area (Å²) >= 11 is 0. The summed E-state index contributed by atoms with van der Waals surface area (Å²) in [5.74, 6) is -16.9. The molecule has 8 aliphatic rings. The molecule has 0 aromatic rings. The molecule has 2 bridgehead atoms. The van der Waals surface area contributed by atoms with Crippen molar-refractivity contribution in [3.05, 3.63) is 0 Å². The first-order valence-corrected chi connectivity index (χ1v) is 41.1. The lowest BCUT2D eigenvalue weighted by Crippen LogP contribution is -2.68. The van der Waals surface area contributed by atoms with Crippen molar-refractivity contribution >= 4 is 70.9 Å². The minimum atomic E-state index is -5.22. The third-order valence-corrected chi connectivity index (χ3v) is 25.4. The molecule has 8 rings (SSSR count). The Kier molecular flexibility index (Phi) is 32.2. The average molecular weight is 1620 g/mol. The number of nitrogens with zero attached hydrogens (tertiary/aromatic N) is 9. The first-order chi connectivity index (χ1) is 53.1.